The molecule has 0 aliphatic carbocycles. The maximum atomic E-state index is 12.4. The largest absolute Gasteiger partial charge is 0.396 e. The molecule has 6 heteroatoms. The zero-order valence-electron chi connectivity index (χ0n) is 13.4. The fourth-order valence-corrected chi connectivity index (χ4v) is 3.59. The van der Waals surface area contributed by atoms with Crippen LogP contribution in [0.25, 0.3) is 11.0 Å². The van der Waals surface area contributed by atoms with E-state index in [1.807, 2.05) is 29.8 Å². The SMILES string of the molecule is O=C(NCCCCCO)c1sccc1Cc1ccnc2[nH]ccc12. The zero-order valence-corrected chi connectivity index (χ0v) is 14.2. The summed E-state index contributed by atoms with van der Waals surface area (Å²) in [6, 6.07) is 6.04. The highest BCUT2D eigenvalue weighted by molar-refractivity contribution is 7.12. The van der Waals surface area contributed by atoms with Crippen molar-refractivity contribution < 1.29 is 9.90 Å². The summed E-state index contributed by atoms with van der Waals surface area (Å²) in [4.78, 5) is 20.6. The van der Waals surface area contributed by atoms with Crippen molar-refractivity contribution in [2.75, 3.05) is 13.2 Å². The number of aromatic amines is 1. The summed E-state index contributed by atoms with van der Waals surface area (Å²) >= 11 is 1.48. The molecule has 0 atom stereocenters. The lowest BCUT2D eigenvalue weighted by atomic mass is 10.0. The highest BCUT2D eigenvalue weighted by Crippen LogP contribution is 2.24. The summed E-state index contributed by atoms with van der Waals surface area (Å²) in [5.41, 5.74) is 3.08. The Labute approximate surface area is 144 Å². The van der Waals surface area contributed by atoms with E-state index >= 15 is 0 Å². The summed E-state index contributed by atoms with van der Waals surface area (Å²) in [5.74, 6) is -0.0108. The number of fused-ring (bicyclic) bond motifs is 1. The molecule has 126 valence electrons. The van der Waals surface area contributed by atoms with E-state index in [2.05, 4.69) is 15.3 Å². The van der Waals surface area contributed by atoms with Crippen molar-refractivity contribution in [1.82, 2.24) is 15.3 Å². The molecule has 0 aromatic carbocycles. The van der Waals surface area contributed by atoms with Crippen LogP contribution in [-0.4, -0.2) is 34.1 Å². The van der Waals surface area contributed by atoms with Gasteiger partial charge < -0.3 is 15.4 Å². The van der Waals surface area contributed by atoms with Crippen molar-refractivity contribution in [3.63, 3.8) is 0 Å². The summed E-state index contributed by atoms with van der Waals surface area (Å²) in [6.45, 7) is 0.857. The summed E-state index contributed by atoms with van der Waals surface area (Å²) in [5, 5.41) is 14.8. The summed E-state index contributed by atoms with van der Waals surface area (Å²) < 4.78 is 0. The Kier molecular flexibility index (Phi) is 5.61. The smallest absolute Gasteiger partial charge is 0.261 e. The maximum Gasteiger partial charge on any atom is 0.261 e. The van der Waals surface area contributed by atoms with Crippen LogP contribution in [-0.2, 0) is 6.42 Å². The minimum atomic E-state index is -0.0108. The molecule has 1 amide bonds. The van der Waals surface area contributed by atoms with E-state index in [0.29, 0.717) is 13.0 Å². The Hall–Kier alpha value is -2.18. The lowest BCUT2D eigenvalue weighted by Crippen LogP contribution is -2.24. The van der Waals surface area contributed by atoms with Crippen molar-refractivity contribution in [2.24, 2.45) is 0 Å². The number of carbonyl (C=O) groups is 1. The number of pyridine rings is 1. The van der Waals surface area contributed by atoms with Crippen LogP contribution in [0.3, 0.4) is 0 Å². The Morgan fingerprint density at radius 3 is 3.00 bits per heavy atom. The third kappa shape index (κ3) is 3.83. The molecule has 3 aromatic heterocycles. The van der Waals surface area contributed by atoms with Crippen LogP contribution in [0, 0.1) is 0 Å². The molecule has 0 radical (unpaired) electrons. The molecule has 3 rings (SSSR count). The summed E-state index contributed by atoms with van der Waals surface area (Å²) in [6.07, 6.45) is 7.00. The van der Waals surface area contributed by atoms with Gasteiger partial charge in [-0.25, -0.2) is 4.98 Å². The lowest BCUT2D eigenvalue weighted by molar-refractivity contribution is 0.0956. The minimum Gasteiger partial charge on any atom is -0.396 e. The molecule has 0 spiro atoms. The lowest BCUT2D eigenvalue weighted by Gasteiger charge is -2.07. The van der Waals surface area contributed by atoms with Gasteiger partial charge in [-0.15, -0.1) is 11.3 Å². The summed E-state index contributed by atoms with van der Waals surface area (Å²) in [7, 11) is 0. The maximum absolute atomic E-state index is 12.4. The van der Waals surface area contributed by atoms with E-state index in [9.17, 15) is 4.79 Å². The molecule has 0 saturated heterocycles. The van der Waals surface area contributed by atoms with Crippen LogP contribution in [0.15, 0.2) is 36.0 Å². The third-order valence-corrected chi connectivity index (χ3v) is 4.96. The molecule has 3 heterocycles. The molecule has 0 aliphatic heterocycles. The number of carbonyl (C=O) groups excluding carboxylic acids is 1. The first-order chi connectivity index (χ1) is 11.8. The van der Waals surface area contributed by atoms with Gasteiger partial charge in [-0.2, -0.15) is 0 Å². The molecular weight excluding hydrogens is 322 g/mol. The predicted molar refractivity (Wildman–Crippen MR) is 96.5 cm³/mol. The first-order valence-corrected chi connectivity index (χ1v) is 9.04. The number of H-pyrrole nitrogens is 1. The van der Waals surface area contributed by atoms with Crippen molar-refractivity contribution in [3.8, 4) is 0 Å². The average molecular weight is 343 g/mol. The van der Waals surface area contributed by atoms with E-state index < -0.39 is 0 Å². The quantitative estimate of drug-likeness (QED) is 0.550. The number of aliphatic hydroxyl groups excluding tert-OH is 1. The number of aromatic nitrogens is 2. The van der Waals surface area contributed by atoms with E-state index in [1.165, 1.54) is 11.3 Å². The van der Waals surface area contributed by atoms with Crippen LogP contribution in [0.2, 0.25) is 0 Å². The fraction of sp³-hybridized carbons (Fsp3) is 0.333. The molecule has 0 aliphatic rings. The number of nitrogens with zero attached hydrogens (tertiary/aromatic N) is 1. The second kappa shape index (κ2) is 8.08. The van der Waals surface area contributed by atoms with Gasteiger partial charge in [0.15, 0.2) is 0 Å². The van der Waals surface area contributed by atoms with Gasteiger partial charge in [-0.3, -0.25) is 4.79 Å². The van der Waals surface area contributed by atoms with Gasteiger partial charge >= 0.3 is 0 Å². The van der Waals surface area contributed by atoms with Crippen molar-refractivity contribution in [1.29, 1.82) is 0 Å². The number of aliphatic hydroxyl groups is 1. The zero-order chi connectivity index (χ0) is 16.8. The number of unbranched alkanes of at least 4 members (excludes halogenated alkanes) is 2. The molecule has 3 N–H and O–H groups in total. The van der Waals surface area contributed by atoms with Crippen molar-refractivity contribution in [2.45, 2.75) is 25.7 Å². The monoisotopic (exact) mass is 343 g/mol. The molecule has 24 heavy (non-hydrogen) atoms. The number of hydrogen-bond acceptors (Lipinski definition) is 4. The van der Waals surface area contributed by atoms with Crippen LogP contribution < -0.4 is 5.32 Å². The van der Waals surface area contributed by atoms with Crippen molar-refractivity contribution >= 4 is 28.3 Å². The molecule has 0 unspecified atom stereocenters. The van der Waals surface area contributed by atoms with E-state index in [-0.39, 0.29) is 12.5 Å². The van der Waals surface area contributed by atoms with Gasteiger partial charge in [0.2, 0.25) is 0 Å². The molecule has 3 aromatic rings. The molecule has 0 bridgehead atoms. The Morgan fingerprint density at radius 1 is 1.21 bits per heavy atom. The molecular formula is C18H21N3O2S. The van der Waals surface area contributed by atoms with Crippen LogP contribution in [0.5, 0.6) is 0 Å². The molecule has 0 fully saturated rings. The van der Waals surface area contributed by atoms with Gasteiger partial charge in [0.05, 0.1) is 4.88 Å². The van der Waals surface area contributed by atoms with Gasteiger partial charge in [0.25, 0.3) is 5.91 Å². The van der Waals surface area contributed by atoms with Crippen LogP contribution in [0.4, 0.5) is 0 Å². The number of thiophene rings is 1. The van der Waals surface area contributed by atoms with Crippen LogP contribution >= 0.6 is 11.3 Å². The first-order valence-electron chi connectivity index (χ1n) is 8.16. The number of nitrogens with one attached hydrogen (secondary N) is 2. The normalized spacial score (nSPS) is 11.0. The topological polar surface area (TPSA) is 78.0 Å². The average Bonchev–Trinajstić information content (AvgIpc) is 3.24. The Morgan fingerprint density at radius 2 is 2.12 bits per heavy atom. The Bertz CT molecular complexity index is 809. The van der Waals surface area contributed by atoms with Gasteiger partial charge in [0.1, 0.15) is 5.65 Å². The predicted octanol–water partition coefficient (Wildman–Crippen LogP) is 3.11. The number of amides is 1. The first kappa shape index (κ1) is 16.7. The van der Waals surface area contributed by atoms with E-state index in [0.717, 1.165) is 46.3 Å². The van der Waals surface area contributed by atoms with E-state index in [1.54, 1.807) is 6.20 Å². The highest BCUT2D eigenvalue weighted by atomic mass is 32.1. The number of rotatable bonds is 8. The molecule has 0 saturated carbocycles. The van der Waals surface area contributed by atoms with Gasteiger partial charge in [0, 0.05) is 30.9 Å². The van der Waals surface area contributed by atoms with Crippen LogP contribution in [0.1, 0.15) is 40.1 Å². The standard InChI is InChI=1S/C18H21N3O2S/c22-10-3-1-2-7-21-18(23)16-14(6-11-24-16)12-13-4-8-19-17-15(13)5-9-20-17/h4-6,8-9,11,22H,1-3,7,10,12H2,(H,19,20)(H,21,23). The fourth-order valence-electron chi connectivity index (χ4n) is 2.75. The number of hydrogen-bond donors (Lipinski definition) is 3. The van der Waals surface area contributed by atoms with Crippen molar-refractivity contribution in [3.05, 3.63) is 52.0 Å². The molecule has 5 nitrogen and oxygen atoms in total. The van der Waals surface area contributed by atoms with E-state index in [4.69, 9.17) is 5.11 Å². The second-order valence-corrected chi connectivity index (χ2v) is 6.62. The van der Waals surface area contributed by atoms with Gasteiger partial charge in [-0.1, -0.05) is 0 Å². The Balaban J connectivity index is 1.67. The highest BCUT2D eigenvalue weighted by Gasteiger charge is 2.14. The minimum absolute atomic E-state index is 0.0108. The second-order valence-electron chi connectivity index (χ2n) is 5.70. The van der Waals surface area contributed by atoms with Gasteiger partial charge in [-0.05, 0) is 60.4 Å². The third-order valence-electron chi connectivity index (χ3n) is 4.00.